The van der Waals surface area contributed by atoms with Gasteiger partial charge in [-0.3, -0.25) is 9.89 Å². The molecule has 1 amide bonds. The molecule has 0 fully saturated rings. The third kappa shape index (κ3) is 3.21. The molecule has 0 atom stereocenters. The summed E-state index contributed by atoms with van der Waals surface area (Å²) in [5, 5.41) is 9.17. The normalized spacial score (nSPS) is 9.58. The Hall–Kier alpha value is -2.58. The lowest BCUT2D eigenvalue weighted by Crippen LogP contribution is -2.13. The summed E-state index contributed by atoms with van der Waals surface area (Å²) in [6.45, 7) is 2.23. The van der Waals surface area contributed by atoms with Crippen molar-refractivity contribution in [1.29, 1.82) is 0 Å². The number of benzene rings is 1. The molecular formula is C14H14N4O. The zero-order chi connectivity index (χ0) is 13.7. The number of nitrogens with zero attached hydrogens (tertiary/aromatic N) is 1. The van der Waals surface area contributed by atoms with E-state index in [-0.39, 0.29) is 12.5 Å². The van der Waals surface area contributed by atoms with Gasteiger partial charge in [-0.05, 0) is 30.7 Å². The molecule has 96 valence electrons. The van der Waals surface area contributed by atoms with Gasteiger partial charge in [0, 0.05) is 11.8 Å². The summed E-state index contributed by atoms with van der Waals surface area (Å²) in [6, 6.07) is 7.28. The maximum Gasteiger partial charge on any atom is 0.273 e. The number of carbonyl (C=O) groups excluding carboxylic acids is 1. The topological polar surface area (TPSA) is 83.8 Å². The van der Waals surface area contributed by atoms with E-state index in [0.29, 0.717) is 11.4 Å². The van der Waals surface area contributed by atoms with Crippen LogP contribution in [0.25, 0.3) is 0 Å². The van der Waals surface area contributed by atoms with Crippen LogP contribution in [0.5, 0.6) is 0 Å². The fourth-order valence-corrected chi connectivity index (χ4v) is 1.59. The highest BCUT2D eigenvalue weighted by Crippen LogP contribution is 2.17. The van der Waals surface area contributed by atoms with Gasteiger partial charge in [-0.1, -0.05) is 17.9 Å². The van der Waals surface area contributed by atoms with Crippen LogP contribution in [0.2, 0.25) is 0 Å². The van der Waals surface area contributed by atoms with Gasteiger partial charge in [0.2, 0.25) is 0 Å². The van der Waals surface area contributed by atoms with Crippen molar-refractivity contribution in [1.82, 2.24) is 10.2 Å². The summed E-state index contributed by atoms with van der Waals surface area (Å²) in [7, 11) is 0. The van der Waals surface area contributed by atoms with Crippen LogP contribution in [0, 0.1) is 18.8 Å². The quantitative estimate of drug-likeness (QED) is 0.706. The van der Waals surface area contributed by atoms with Gasteiger partial charge in [0.25, 0.3) is 5.91 Å². The summed E-state index contributed by atoms with van der Waals surface area (Å²) >= 11 is 0. The van der Waals surface area contributed by atoms with Gasteiger partial charge in [-0.2, -0.15) is 5.10 Å². The number of nitrogens with one attached hydrogen (secondary N) is 2. The van der Waals surface area contributed by atoms with Crippen LogP contribution in [0.15, 0.2) is 30.5 Å². The van der Waals surface area contributed by atoms with E-state index in [0.717, 1.165) is 11.1 Å². The highest BCUT2D eigenvalue weighted by Gasteiger charge is 2.09. The lowest BCUT2D eigenvalue weighted by Gasteiger charge is -2.07. The summed E-state index contributed by atoms with van der Waals surface area (Å²) in [5.74, 6) is 5.46. The van der Waals surface area contributed by atoms with Crippen molar-refractivity contribution in [3.05, 3.63) is 47.3 Å². The predicted molar refractivity (Wildman–Crippen MR) is 73.7 cm³/mol. The minimum Gasteiger partial charge on any atom is -0.320 e. The van der Waals surface area contributed by atoms with Crippen LogP contribution in [0.4, 0.5) is 5.69 Å². The molecular weight excluding hydrogens is 240 g/mol. The van der Waals surface area contributed by atoms with E-state index in [1.54, 1.807) is 6.07 Å². The lowest BCUT2D eigenvalue weighted by atomic mass is 10.1. The van der Waals surface area contributed by atoms with Gasteiger partial charge in [0.15, 0.2) is 0 Å². The average Bonchev–Trinajstić information content (AvgIpc) is 2.92. The Morgan fingerprint density at radius 3 is 3.00 bits per heavy atom. The number of aromatic nitrogens is 2. The molecule has 2 rings (SSSR count). The van der Waals surface area contributed by atoms with E-state index in [1.165, 1.54) is 6.20 Å². The molecule has 2 aromatic rings. The molecule has 0 spiro atoms. The van der Waals surface area contributed by atoms with E-state index in [4.69, 9.17) is 5.73 Å². The minimum absolute atomic E-state index is 0.251. The second-order valence-electron chi connectivity index (χ2n) is 3.98. The highest BCUT2D eigenvalue weighted by atomic mass is 16.1. The fourth-order valence-electron chi connectivity index (χ4n) is 1.59. The molecule has 1 heterocycles. The van der Waals surface area contributed by atoms with Crippen molar-refractivity contribution in [3.8, 4) is 11.8 Å². The number of rotatable bonds is 2. The van der Waals surface area contributed by atoms with Crippen molar-refractivity contribution in [2.75, 3.05) is 11.9 Å². The summed E-state index contributed by atoms with van der Waals surface area (Å²) < 4.78 is 0. The molecule has 1 aromatic heterocycles. The van der Waals surface area contributed by atoms with Gasteiger partial charge in [-0.25, -0.2) is 0 Å². The van der Waals surface area contributed by atoms with Crippen LogP contribution in [0.3, 0.4) is 0 Å². The molecule has 1 aromatic carbocycles. The third-order valence-electron chi connectivity index (χ3n) is 2.49. The second kappa shape index (κ2) is 5.85. The van der Waals surface area contributed by atoms with Crippen LogP contribution < -0.4 is 11.1 Å². The number of aryl methyl sites for hydroxylation is 1. The zero-order valence-electron chi connectivity index (χ0n) is 10.5. The number of H-pyrrole nitrogens is 1. The Labute approximate surface area is 111 Å². The zero-order valence-corrected chi connectivity index (χ0v) is 10.5. The average molecular weight is 254 g/mol. The van der Waals surface area contributed by atoms with E-state index in [1.807, 2.05) is 25.1 Å². The minimum atomic E-state index is -0.251. The molecule has 0 unspecified atom stereocenters. The Morgan fingerprint density at radius 2 is 2.32 bits per heavy atom. The van der Waals surface area contributed by atoms with Crippen LogP contribution in [0.1, 0.15) is 21.6 Å². The fraction of sp³-hybridized carbons (Fsp3) is 0.143. The first-order chi connectivity index (χ1) is 9.20. The maximum atomic E-state index is 12.0. The number of hydrogen-bond acceptors (Lipinski definition) is 3. The van der Waals surface area contributed by atoms with Crippen molar-refractivity contribution in [3.63, 3.8) is 0 Å². The van der Waals surface area contributed by atoms with Crippen LogP contribution in [-0.2, 0) is 0 Å². The monoisotopic (exact) mass is 254 g/mol. The molecule has 4 N–H and O–H groups in total. The van der Waals surface area contributed by atoms with E-state index < -0.39 is 0 Å². The Balaban J connectivity index is 2.28. The number of amides is 1. The van der Waals surface area contributed by atoms with Crippen molar-refractivity contribution >= 4 is 11.6 Å². The van der Waals surface area contributed by atoms with Gasteiger partial charge < -0.3 is 11.1 Å². The van der Waals surface area contributed by atoms with E-state index in [2.05, 4.69) is 27.4 Å². The number of nitrogens with two attached hydrogens (primary N) is 1. The van der Waals surface area contributed by atoms with Crippen molar-refractivity contribution < 1.29 is 4.79 Å². The highest BCUT2D eigenvalue weighted by molar-refractivity contribution is 6.03. The first-order valence-corrected chi connectivity index (χ1v) is 5.81. The van der Waals surface area contributed by atoms with Crippen LogP contribution >= 0.6 is 0 Å². The lowest BCUT2D eigenvalue weighted by molar-refractivity contribution is 0.102. The molecule has 5 heteroatoms. The molecule has 0 radical (unpaired) electrons. The molecule has 5 nitrogen and oxygen atoms in total. The standard InChI is InChI=1S/C14H14N4O/c1-10-4-5-11(3-2-7-15)13(9-10)17-14(19)12-6-8-16-18-12/h4-6,8-9H,7,15H2,1H3,(H,16,18)(H,17,19). The first-order valence-electron chi connectivity index (χ1n) is 5.81. The van der Waals surface area contributed by atoms with Gasteiger partial charge in [-0.15, -0.1) is 0 Å². The SMILES string of the molecule is Cc1ccc(C#CCN)c(NC(=O)c2ccn[nH]2)c1. The number of anilines is 1. The number of hydrogen-bond donors (Lipinski definition) is 3. The molecule has 0 aliphatic carbocycles. The largest absolute Gasteiger partial charge is 0.320 e. The number of carbonyl (C=O) groups is 1. The summed E-state index contributed by atoms with van der Waals surface area (Å²) in [5.41, 5.74) is 8.21. The molecule has 0 bridgehead atoms. The maximum absolute atomic E-state index is 12.0. The van der Waals surface area contributed by atoms with E-state index >= 15 is 0 Å². The first kappa shape index (κ1) is 12.9. The molecule has 19 heavy (non-hydrogen) atoms. The second-order valence-corrected chi connectivity index (χ2v) is 3.98. The summed E-state index contributed by atoms with van der Waals surface area (Å²) in [4.78, 5) is 12.0. The van der Waals surface area contributed by atoms with Gasteiger partial charge in [0.1, 0.15) is 5.69 Å². The Morgan fingerprint density at radius 1 is 1.47 bits per heavy atom. The smallest absolute Gasteiger partial charge is 0.273 e. The Bertz CT molecular complexity index is 635. The predicted octanol–water partition coefficient (Wildman–Crippen LogP) is 1.28. The molecule has 0 aliphatic heterocycles. The Kier molecular flexibility index (Phi) is 3.96. The van der Waals surface area contributed by atoms with Crippen molar-refractivity contribution in [2.45, 2.75) is 6.92 Å². The third-order valence-corrected chi connectivity index (χ3v) is 2.49. The number of aromatic amines is 1. The summed E-state index contributed by atoms with van der Waals surface area (Å²) in [6.07, 6.45) is 1.53. The molecule has 0 saturated carbocycles. The van der Waals surface area contributed by atoms with Crippen molar-refractivity contribution in [2.24, 2.45) is 5.73 Å². The van der Waals surface area contributed by atoms with Gasteiger partial charge in [0.05, 0.1) is 12.2 Å². The van der Waals surface area contributed by atoms with Crippen LogP contribution in [-0.4, -0.2) is 22.6 Å². The van der Waals surface area contributed by atoms with E-state index in [9.17, 15) is 4.79 Å². The van der Waals surface area contributed by atoms with Gasteiger partial charge >= 0.3 is 0 Å². The molecule has 0 aliphatic rings. The molecule has 0 saturated heterocycles.